The fourth-order valence-electron chi connectivity index (χ4n) is 6.32. The van der Waals surface area contributed by atoms with Gasteiger partial charge in [0.1, 0.15) is 41.1 Å². The Kier molecular flexibility index (Phi) is 10.3. The van der Waals surface area contributed by atoms with Crippen LogP contribution in [0.3, 0.4) is 0 Å². The number of aromatic nitrogens is 4. The molecule has 16 heteroatoms. The molecule has 6 atom stereocenters. The first-order valence-electron chi connectivity index (χ1n) is 16.4. The minimum absolute atomic E-state index is 0.00103. The van der Waals surface area contributed by atoms with Crippen LogP contribution in [0.2, 0.25) is 5.02 Å². The molecule has 0 radical (unpaired) electrons. The number of ether oxygens (including phenoxy) is 5. The molecular weight excluding hydrogens is 723 g/mol. The van der Waals surface area contributed by atoms with Crippen molar-refractivity contribution in [1.29, 1.82) is 0 Å². The van der Waals surface area contributed by atoms with Crippen molar-refractivity contribution in [3.05, 3.63) is 101 Å². The predicted octanol–water partition coefficient (Wildman–Crippen LogP) is 7.23. The summed E-state index contributed by atoms with van der Waals surface area (Å²) in [5.41, 5.74) is 0.956. The van der Waals surface area contributed by atoms with Crippen molar-refractivity contribution in [3.63, 3.8) is 0 Å². The summed E-state index contributed by atoms with van der Waals surface area (Å²) in [6, 6.07) is 12.2. The van der Waals surface area contributed by atoms with Crippen LogP contribution in [-0.2, 0) is 23.7 Å². The Morgan fingerprint density at radius 3 is 2.54 bits per heavy atom. The van der Waals surface area contributed by atoms with E-state index in [1.54, 1.807) is 11.0 Å². The third-order valence-electron chi connectivity index (χ3n) is 8.69. The summed E-state index contributed by atoms with van der Waals surface area (Å²) in [6.07, 6.45) is 1.74. The molecule has 0 spiro atoms. The van der Waals surface area contributed by atoms with Crippen LogP contribution in [-0.4, -0.2) is 87.1 Å². The van der Waals surface area contributed by atoms with Crippen LogP contribution in [0.15, 0.2) is 71.9 Å². The van der Waals surface area contributed by atoms with Crippen LogP contribution < -0.4 is 0 Å². The van der Waals surface area contributed by atoms with E-state index in [1.807, 2.05) is 57.2 Å². The summed E-state index contributed by atoms with van der Waals surface area (Å²) in [5.74, 6) is -4.28. The van der Waals surface area contributed by atoms with Crippen LogP contribution >= 0.6 is 23.4 Å². The van der Waals surface area contributed by atoms with E-state index in [9.17, 15) is 18.0 Å². The van der Waals surface area contributed by atoms with E-state index < -0.39 is 65.2 Å². The average Bonchev–Trinajstić information content (AvgIpc) is 3.81. The van der Waals surface area contributed by atoms with Gasteiger partial charge >= 0.3 is 6.09 Å². The van der Waals surface area contributed by atoms with Crippen molar-refractivity contribution in [2.45, 2.75) is 67.3 Å². The van der Waals surface area contributed by atoms with E-state index in [1.165, 1.54) is 35.9 Å². The van der Waals surface area contributed by atoms with Crippen molar-refractivity contribution in [2.75, 3.05) is 26.8 Å². The average molecular weight is 758 g/mol. The number of carbonyl (C=O) groups is 1. The molecule has 3 aliphatic heterocycles. The molecule has 0 saturated carbocycles. The van der Waals surface area contributed by atoms with Gasteiger partial charge in [0.05, 0.1) is 30.1 Å². The van der Waals surface area contributed by atoms with Gasteiger partial charge in [-0.25, -0.2) is 22.6 Å². The number of thioether (sulfide) groups is 1. The van der Waals surface area contributed by atoms with Gasteiger partial charge in [-0.2, -0.15) is 0 Å². The second kappa shape index (κ2) is 14.8. The smallest absolute Gasteiger partial charge is 0.410 e. The number of hydrogen-bond donors (Lipinski definition) is 0. The van der Waals surface area contributed by atoms with Crippen molar-refractivity contribution in [3.8, 4) is 11.3 Å². The first-order valence-corrected chi connectivity index (χ1v) is 17.7. The highest BCUT2D eigenvalue weighted by molar-refractivity contribution is 7.99. The molecule has 274 valence electrons. The van der Waals surface area contributed by atoms with Crippen LogP contribution in [0.5, 0.6) is 0 Å². The Morgan fingerprint density at radius 1 is 1.08 bits per heavy atom. The third kappa shape index (κ3) is 7.56. The van der Waals surface area contributed by atoms with Gasteiger partial charge in [0.2, 0.25) is 0 Å². The predicted molar refractivity (Wildman–Crippen MR) is 185 cm³/mol. The topological polar surface area (TPSA) is 110 Å². The van der Waals surface area contributed by atoms with E-state index in [0.717, 1.165) is 23.3 Å². The van der Waals surface area contributed by atoms with Crippen molar-refractivity contribution < 1.29 is 41.7 Å². The Labute approximate surface area is 307 Å². The minimum Gasteiger partial charge on any atom is -0.444 e. The van der Waals surface area contributed by atoms with E-state index in [0.29, 0.717) is 22.2 Å². The molecule has 5 heterocycles. The quantitative estimate of drug-likeness (QED) is 0.179. The second-order valence-corrected chi connectivity index (χ2v) is 15.0. The molecule has 1 amide bonds. The summed E-state index contributed by atoms with van der Waals surface area (Å²) in [5, 5.41) is 8.91. The molecule has 2 aromatic carbocycles. The fraction of sp³-hybridized carbons (Fsp3) is 0.389. The van der Waals surface area contributed by atoms with Gasteiger partial charge in [-0.3, -0.25) is 4.98 Å². The van der Waals surface area contributed by atoms with Crippen LogP contribution in [0, 0.1) is 17.5 Å². The Hall–Kier alpha value is -3.99. The maximum atomic E-state index is 14.2. The lowest BCUT2D eigenvalue weighted by Gasteiger charge is -2.48. The molecule has 3 aliphatic rings. The largest absolute Gasteiger partial charge is 0.444 e. The number of fused-ring (bicyclic) bond motifs is 1. The first-order chi connectivity index (χ1) is 24.9. The number of nitrogens with zero attached hydrogens (tertiary/aromatic N) is 5. The maximum absolute atomic E-state index is 14.2. The van der Waals surface area contributed by atoms with E-state index in [2.05, 4.69) is 15.3 Å². The van der Waals surface area contributed by atoms with Gasteiger partial charge in [-0.05, 0) is 44.5 Å². The van der Waals surface area contributed by atoms with E-state index in [-0.39, 0.29) is 24.4 Å². The van der Waals surface area contributed by atoms with Gasteiger partial charge in [-0.1, -0.05) is 65.0 Å². The number of rotatable bonds is 7. The number of hydrogen-bond acceptors (Lipinski definition) is 10. The van der Waals surface area contributed by atoms with Crippen molar-refractivity contribution >= 4 is 35.0 Å². The summed E-state index contributed by atoms with van der Waals surface area (Å²) in [6.45, 7) is 6.21. The summed E-state index contributed by atoms with van der Waals surface area (Å²) < 4.78 is 74.7. The Bertz CT molecular complexity index is 1960. The number of amides is 1. The number of methoxy groups -OCH3 is 1. The number of halogens is 4. The van der Waals surface area contributed by atoms with Gasteiger partial charge in [0.15, 0.2) is 23.7 Å². The van der Waals surface area contributed by atoms with Gasteiger partial charge in [-0.15, -0.1) is 5.10 Å². The molecule has 0 N–H and O–H groups in total. The minimum atomic E-state index is -1.58. The lowest BCUT2D eigenvalue weighted by molar-refractivity contribution is -0.308. The fourth-order valence-corrected chi connectivity index (χ4v) is 7.89. The molecule has 4 unspecified atom stereocenters. The van der Waals surface area contributed by atoms with Crippen molar-refractivity contribution in [1.82, 2.24) is 24.9 Å². The highest BCUT2D eigenvalue weighted by Crippen LogP contribution is 2.46. The normalized spacial score (nSPS) is 24.8. The maximum Gasteiger partial charge on any atom is 0.410 e. The monoisotopic (exact) mass is 757 g/mol. The van der Waals surface area contributed by atoms with Crippen LogP contribution in [0.25, 0.3) is 16.8 Å². The molecule has 4 aromatic rings. The molecule has 11 nitrogen and oxygen atoms in total. The van der Waals surface area contributed by atoms with E-state index in [4.69, 9.17) is 35.3 Å². The lowest BCUT2D eigenvalue weighted by atomic mass is 9.95. The van der Waals surface area contributed by atoms with Gasteiger partial charge in [0.25, 0.3) is 0 Å². The summed E-state index contributed by atoms with van der Waals surface area (Å²) >= 11 is 7.80. The van der Waals surface area contributed by atoms with Crippen molar-refractivity contribution in [2.24, 2.45) is 0 Å². The highest BCUT2D eigenvalue weighted by Gasteiger charge is 2.52. The molecular formula is C36H35ClF3N5O6S. The number of pyridine rings is 1. The van der Waals surface area contributed by atoms with E-state index >= 15 is 0 Å². The summed E-state index contributed by atoms with van der Waals surface area (Å²) in [7, 11) is 1.53. The van der Waals surface area contributed by atoms with Gasteiger partial charge in [0, 0.05) is 35.9 Å². The molecule has 7 rings (SSSR count). The second-order valence-electron chi connectivity index (χ2n) is 13.5. The third-order valence-corrected chi connectivity index (χ3v) is 10.1. The molecule has 0 bridgehead atoms. The van der Waals surface area contributed by atoms with Crippen LogP contribution in [0.1, 0.15) is 44.4 Å². The number of benzene rings is 2. The lowest BCUT2D eigenvalue weighted by Crippen LogP contribution is -2.59. The molecule has 2 saturated heterocycles. The molecule has 0 aliphatic carbocycles. The zero-order valence-electron chi connectivity index (χ0n) is 28.5. The summed E-state index contributed by atoms with van der Waals surface area (Å²) in [4.78, 5) is 19.7. The number of carbonyl (C=O) groups excluding carboxylic acids is 1. The van der Waals surface area contributed by atoms with Crippen LogP contribution in [0.4, 0.5) is 18.0 Å². The Morgan fingerprint density at radius 2 is 1.83 bits per heavy atom. The highest BCUT2D eigenvalue weighted by atomic mass is 35.5. The molecule has 2 fully saturated rings. The zero-order chi connectivity index (χ0) is 36.7. The molecule has 52 heavy (non-hydrogen) atoms. The zero-order valence-corrected chi connectivity index (χ0v) is 30.1. The Balaban J connectivity index is 1.21. The first kappa shape index (κ1) is 36.4. The SMILES string of the molecule is COC1C(n2cc(-c3cc(F)c(F)c(F)c3)nn2)[C@H]2OC(c3ccccc3)OCC2O[C@@H]1Sc1cc(Cl)cnc1C1=CCN(C(=O)OC(C)(C)C)C1. The van der Waals surface area contributed by atoms with Gasteiger partial charge < -0.3 is 28.6 Å². The standard InChI is InChI=1S/C36H35ClF3N5O6S/c1-36(2,3)51-35(46)44-11-10-20(16-44)29-27(14-22(37)15-41-29)52-34-32(47-4)30(31-26(49-34)18-48-33(50-31)19-8-6-5-7-9-19)45-17-25(42-43-45)21-12-23(38)28(40)24(39)13-21/h5-10,12-15,17,26,30-34H,11,16,18H2,1-4H3/t26?,30?,31-,32?,33?,34+/m0/s1. The molecule has 2 aromatic heterocycles.